The van der Waals surface area contributed by atoms with Crippen molar-refractivity contribution in [2.75, 3.05) is 13.2 Å². The highest BCUT2D eigenvalue weighted by Crippen LogP contribution is 2.58. The number of aliphatic hydroxyl groups excluding tert-OH is 3. The van der Waals surface area contributed by atoms with E-state index in [0.29, 0.717) is 18.8 Å². The third kappa shape index (κ3) is 2.86. The Kier molecular flexibility index (Phi) is 4.89. The van der Waals surface area contributed by atoms with Gasteiger partial charge in [-0.05, 0) is 68.1 Å². The van der Waals surface area contributed by atoms with Gasteiger partial charge in [-0.2, -0.15) is 0 Å². The molecule has 8 atom stereocenters. The molecule has 0 saturated heterocycles. The Morgan fingerprint density at radius 1 is 1.29 bits per heavy atom. The lowest BCUT2D eigenvalue weighted by atomic mass is 9.64. The Labute approximate surface area is 145 Å². The van der Waals surface area contributed by atoms with Gasteiger partial charge in [-0.3, -0.25) is 0 Å². The van der Waals surface area contributed by atoms with Gasteiger partial charge >= 0.3 is 0 Å². The normalized spacial score (nSPS) is 52.0. The van der Waals surface area contributed by atoms with E-state index in [2.05, 4.69) is 19.9 Å². The van der Waals surface area contributed by atoms with Crippen LogP contribution in [0.4, 0.5) is 0 Å². The van der Waals surface area contributed by atoms with Crippen LogP contribution in [-0.2, 0) is 0 Å². The molecule has 0 radical (unpaired) electrons. The summed E-state index contributed by atoms with van der Waals surface area (Å²) in [5, 5.41) is 41.1. The topological polar surface area (TPSA) is 80.9 Å². The van der Waals surface area contributed by atoms with Crippen LogP contribution in [0.3, 0.4) is 0 Å². The van der Waals surface area contributed by atoms with Crippen LogP contribution in [-0.4, -0.2) is 45.3 Å². The van der Waals surface area contributed by atoms with E-state index in [1.807, 2.05) is 6.92 Å². The summed E-state index contributed by atoms with van der Waals surface area (Å²) in [4.78, 5) is 0. The summed E-state index contributed by atoms with van der Waals surface area (Å²) >= 11 is 0. The molecule has 4 nitrogen and oxygen atoms in total. The number of rotatable bonds is 3. The molecule has 2 fully saturated rings. The predicted molar refractivity (Wildman–Crippen MR) is 93.2 cm³/mol. The maximum atomic E-state index is 11.1. The first-order valence-electron chi connectivity index (χ1n) is 9.56. The molecule has 0 amide bonds. The van der Waals surface area contributed by atoms with Crippen molar-refractivity contribution in [2.24, 2.45) is 35.0 Å². The maximum Gasteiger partial charge on any atom is 0.0709 e. The third-order valence-corrected chi connectivity index (χ3v) is 7.48. The summed E-state index contributed by atoms with van der Waals surface area (Å²) in [6.07, 6.45) is 5.89. The molecule has 0 aromatic carbocycles. The van der Waals surface area contributed by atoms with Crippen LogP contribution in [0.25, 0.3) is 0 Å². The van der Waals surface area contributed by atoms with Gasteiger partial charge in [-0.15, -0.1) is 0 Å². The third-order valence-electron chi connectivity index (χ3n) is 7.48. The molecular weight excluding hydrogens is 304 g/mol. The molecule has 3 aliphatic carbocycles. The predicted octanol–water partition coefficient (Wildman–Crippen LogP) is 2.11. The van der Waals surface area contributed by atoms with Gasteiger partial charge in [0.25, 0.3) is 0 Å². The molecule has 1 unspecified atom stereocenters. The zero-order chi connectivity index (χ0) is 17.7. The van der Waals surface area contributed by atoms with Crippen LogP contribution in [0, 0.1) is 35.0 Å². The minimum Gasteiger partial charge on any atom is -0.396 e. The molecule has 2 saturated carbocycles. The van der Waals surface area contributed by atoms with Crippen molar-refractivity contribution in [3.05, 3.63) is 11.6 Å². The van der Waals surface area contributed by atoms with Crippen molar-refractivity contribution >= 4 is 0 Å². The summed E-state index contributed by atoms with van der Waals surface area (Å²) < 4.78 is 0. The molecule has 0 heterocycles. The summed E-state index contributed by atoms with van der Waals surface area (Å²) in [5.74, 6) is 0.671. The highest BCUT2D eigenvalue weighted by atomic mass is 16.3. The minimum absolute atomic E-state index is 0.0605. The Bertz CT molecular complexity index is 500. The molecular formula is C20H34O4. The highest BCUT2D eigenvalue weighted by molar-refractivity contribution is 5.26. The minimum atomic E-state index is -0.947. The molecule has 0 bridgehead atoms. The number of allylic oxidation sites excluding steroid dienone is 1. The molecule has 24 heavy (non-hydrogen) atoms. The van der Waals surface area contributed by atoms with Crippen LogP contribution < -0.4 is 0 Å². The van der Waals surface area contributed by atoms with E-state index in [9.17, 15) is 20.4 Å². The Hall–Kier alpha value is -0.420. The molecule has 0 aromatic rings. The molecule has 4 heteroatoms. The van der Waals surface area contributed by atoms with Crippen molar-refractivity contribution in [1.82, 2.24) is 0 Å². The standard InChI is InChI=1S/C20H34O4/c1-12(10-21)14-4-6-19(2)9-15-13(11-22)8-17(23)18(15)20(3,24)7-5-16(14)19/h5,12-15,17-18,21-24H,4,6-11H2,1-3H3/b16-5-/t12-,13+,14?,15-,17-,18+,19-,20+/m1/s1. The Morgan fingerprint density at radius 2 is 2.00 bits per heavy atom. The molecule has 3 aliphatic rings. The second kappa shape index (κ2) is 6.39. The van der Waals surface area contributed by atoms with Crippen molar-refractivity contribution in [3.8, 4) is 0 Å². The van der Waals surface area contributed by atoms with Crippen LogP contribution in [0.15, 0.2) is 11.6 Å². The fourth-order valence-electron chi connectivity index (χ4n) is 6.12. The van der Waals surface area contributed by atoms with Gasteiger partial charge in [-0.1, -0.05) is 25.5 Å². The van der Waals surface area contributed by atoms with Gasteiger partial charge in [0.2, 0.25) is 0 Å². The van der Waals surface area contributed by atoms with Gasteiger partial charge in [0.15, 0.2) is 0 Å². The number of fused-ring (bicyclic) bond motifs is 2. The number of hydrogen-bond donors (Lipinski definition) is 4. The first kappa shape index (κ1) is 18.4. The summed E-state index contributed by atoms with van der Waals surface area (Å²) in [6.45, 7) is 6.52. The van der Waals surface area contributed by atoms with E-state index in [1.54, 1.807) is 0 Å². The molecule has 138 valence electrons. The SMILES string of the molecule is C[C@H](CO)C1CC[C@]2(C)C[C@@H]3[C@H](CO)C[C@@H](O)[C@H]3[C@@](C)(O)C/C=C/12. The Morgan fingerprint density at radius 3 is 2.62 bits per heavy atom. The van der Waals surface area contributed by atoms with Crippen molar-refractivity contribution in [2.45, 2.75) is 64.6 Å². The van der Waals surface area contributed by atoms with E-state index in [0.717, 1.165) is 19.3 Å². The lowest BCUT2D eigenvalue weighted by Gasteiger charge is -2.43. The second-order valence-corrected chi connectivity index (χ2v) is 9.23. The summed E-state index contributed by atoms with van der Waals surface area (Å²) in [5.41, 5.74) is 0.504. The zero-order valence-electron chi connectivity index (χ0n) is 15.3. The van der Waals surface area contributed by atoms with Gasteiger partial charge in [0.1, 0.15) is 0 Å². The van der Waals surface area contributed by atoms with Crippen molar-refractivity contribution < 1.29 is 20.4 Å². The quantitative estimate of drug-likeness (QED) is 0.594. The molecule has 3 rings (SSSR count). The fraction of sp³-hybridized carbons (Fsp3) is 0.900. The maximum absolute atomic E-state index is 11.1. The van der Waals surface area contributed by atoms with Gasteiger partial charge in [0, 0.05) is 19.1 Å². The smallest absolute Gasteiger partial charge is 0.0709 e. The van der Waals surface area contributed by atoms with Crippen molar-refractivity contribution in [1.29, 1.82) is 0 Å². The largest absolute Gasteiger partial charge is 0.396 e. The van der Waals surface area contributed by atoms with Crippen molar-refractivity contribution in [3.63, 3.8) is 0 Å². The lowest BCUT2D eigenvalue weighted by molar-refractivity contribution is -0.0709. The Balaban J connectivity index is 1.99. The van der Waals surface area contributed by atoms with E-state index in [4.69, 9.17) is 0 Å². The van der Waals surface area contributed by atoms with Gasteiger partial charge in [-0.25, -0.2) is 0 Å². The molecule has 0 aliphatic heterocycles. The van der Waals surface area contributed by atoms with Gasteiger partial charge < -0.3 is 20.4 Å². The average Bonchev–Trinajstić information content (AvgIpc) is 3.00. The zero-order valence-corrected chi connectivity index (χ0v) is 15.3. The fourth-order valence-corrected chi connectivity index (χ4v) is 6.12. The van der Waals surface area contributed by atoms with E-state index in [1.165, 1.54) is 5.57 Å². The number of aliphatic hydroxyl groups is 4. The van der Waals surface area contributed by atoms with Crippen LogP contribution in [0.2, 0.25) is 0 Å². The van der Waals surface area contributed by atoms with Crippen LogP contribution in [0.1, 0.15) is 52.9 Å². The second-order valence-electron chi connectivity index (χ2n) is 9.23. The molecule has 0 aromatic heterocycles. The van der Waals surface area contributed by atoms with E-state index >= 15 is 0 Å². The first-order valence-corrected chi connectivity index (χ1v) is 9.56. The highest BCUT2D eigenvalue weighted by Gasteiger charge is 2.55. The number of hydrogen-bond acceptors (Lipinski definition) is 4. The van der Waals surface area contributed by atoms with E-state index < -0.39 is 11.7 Å². The first-order chi connectivity index (χ1) is 11.2. The monoisotopic (exact) mass is 338 g/mol. The van der Waals surface area contributed by atoms with Gasteiger partial charge in [0.05, 0.1) is 11.7 Å². The van der Waals surface area contributed by atoms with E-state index in [-0.39, 0.29) is 42.3 Å². The van der Waals surface area contributed by atoms with Crippen LogP contribution in [0.5, 0.6) is 0 Å². The average molecular weight is 338 g/mol. The summed E-state index contributed by atoms with van der Waals surface area (Å²) in [6, 6.07) is 0. The lowest BCUT2D eigenvalue weighted by Crippen LogP contribution is -2.45. The van der Waals surface area contributed by atoms with Crippen LogP contribution >= 0.6 is 0 Å². The molecule has 0 spiro atoms. The molecule has 4 N–H and O–H groups in total. The summed E-state index contributed by atoms with van der Waals surface area (Å²) in [7, 11) is 0.